The van der Waals surface area contributed by atoms with E-state index in [4.69, 9.17) is 11.6 Å². The first kappa shape index (κ1) is 15.1. The highest BCUT2D eigenvalue weighted by Crippen LogP contribution is 2.14. The van der Waals surface area contributed by atoms with E-state index in [1.165, 1.54) is 13.3 Å². The van der Waals surface area contributed by atoms with E-state index in [-0.39, 0.29) is 11.6 Å². The number of rotatable bonds is 5. The summed E-state index contributed by atoms with van der Waals surface area (Å²) in [5, 5.41) is 6.79. The van der Waals surface area contributed by atoms with Crippen LogP contribution in [0.25, 0.3) is 0 Å². The zero-order valence-corrected chi connectivity index (χ0v) is 11.5. The highest BCUT2D eigenvalue weighted by atomic mass is 35.5. The van der Waals surface area contributed by atoms with Gasteiger partial charge in [-0.05, 0) is 6.92 Å². The molecule has 0 saturated heterocycles. The number of ether oxygens (including phenoxy) is 1. The maximum Gasteiger partial charge on any atom is 0.327 e. The lowest BCUT2D eigenvalue weighted by molar-refractivity contribution is -0.141. The van der Waals surface area contributed by atoms with Crippen molar-refractivity contribution in [3.05, 3.63) is 21.6 Å². The molecule has 1 heterocycles. The number of hydrogen-bond donors (Lipinski definition) is 1. The van der Waals surface area contributed by atoms with Gasteiger partial charge in [0.2, 0.25) is 0 Å². The number of anilines is 1. The number of nitrogens with one attached hydrogen (secondary N) is 1. The number of nitrogens with zero attached hydrogens (tertiary/aromatic N) is 2. The average molecular weight is 284 g/mol. The van der Waals surface area contributed by atoms with Crippen molar-refractivity contribution in [2.24, 2.45) is 0 Å². The van der Waals surface area contributed by atoms with E-state index < -0.39 is 11.5 Å². The lowest BCUT2D eigenvalue weighted by Crippen LogP contribution is -2.28. The monoisotopic (exact) mass is 283 g/mol. The summed E-state index contributed by atoms with van der Waals surface area (Å²) in [7, 11) is 1.24. The Hall–Kier alpha value is -2.00. The van der Waals surface area contributed by atoms with Gasteiger partial charge in [0, 0.05) is 13.0 Å². The first-order chi connectivity index (χ1) is 9.10. The number of hydrogen-bond acceptors (Lipinski definition) is 5. The minimum Gasteiger partial charge on any atom is -0.468 e. The molecule has 1 aromatic heterocycles. The number of halogens is 1. The molecule has 0 spiro atoms. The van der Waals surface area contributed by atoms with Crippen molar-refractivity contribution in [1.82, 2.24) is 9.78 Å². The van der Waals surface area contributed by atoms with Gasteiger partial charge in [-0.15, -0.1) is 11.8 Å². The van der Waals surface area contributed by atoms with E-state index in [1.807, 2.05) is 0 Å². The molecular weight excluding hydrogens is 270 g/mol. The molecule has 0 radical (unpaired) electrons. The van der Waals surface area contributed by atoms with Crippen LogP contribution in [0, 0.1) is 11.8 Å². The van der Waals surface area contributed by atoms with E-state index in [2.05, 4.69) is 27.0 Å². The number of methoxy groups -OCH3 is 1. The van der Waals surface area contributed by atoms with Crippen LogP contribution >= 0.6 is 11.6 Å². The minimum absolute atomic E-state index is 0.0108. The Balaban J connectivity index is 2.81. The molecule has 7 heteroatoms. The maximum absolute atomic E-state index is 11.8. The summed E-state index contributed by atoms with van der Waals surface area (Å²) in [5.74, 6) is 5.07. The topological polar surface area (TPSA) is 73.2 Å². The van der Waals surface area contributed by atoms with Crippen molar-refractivity contribution in [3.63, 3.8) is 0 Å². The van der Waals surface area contributed by atoms with Crippen molar-refractivity contribution in [1.29, 1.82) is 0 Å². The second kappa shape index (κ2) is 7.44. The molecule has 0 atom stereocenters. The fourth-order valence-electron chi connectivity index (χ4n) is 1.27. The van der Waals surface area contributed by atoms with Crippen LogP contribution in [0.15, 0.2) is 11.0 Å². The Kier molecular flexibility index (Phi) is 5.90. The third-order valence-corrected chi connectivity index (χ3v) is 2.60. The second-order valence-electron chi connectivity index (χ2n) is 3.51. The van der Waals surface area contributed by atoms with Crippen molar-refractivity contribution in [3.8, 4) is 11.8 Å². The molecule has 102 valence electrons. The van der Waals surface area contributed by atoms with Crippen molar-refractivity contribution >= 4 is 23.3 Å². The van der Waals surface area contributed by atoms with E-state index in [0.717, 1.165) is 4.68 Å². The molecular formula is C12H14ClN3O3. The van der Waals surface area contributed by atoms with Gasteiger partial charge in [-0.2, -0.15) is 5.10 Å². The third kappa shape index (κ3) is 4.30. The molecule has 0 fully saturated rings. The van der Waals surface area contributed by atoms with Gasteiger partial charge >= 0.3 is 5.97 Å². The normalized spacial score (nSPS) is 9.42. The molecule has 1 rings (SSSR count). The van der Waals surface area contributed by atoms with Gasteiger partial charge < -0.3 is 10.1 Å². The van der Waals surface area contributed by atoms with Crippen LogP contribution in [-0.2, 0) is 16.1 Å². The Bertz CT molecular complexity index is 572. The Morgan fingerprint density at radius 3 is 3.00 bits per heavy atom. The highest BCUT2D eigenvalue weighted by Gasteiger charge is 2.11. The van der Waals surface area contributed by atoms with Crippen molar-refractivity contribution in [2.75, 3.05) is 19.0 Å². The summed E-state index contributed by atoms with van der Waals surface area (Å²) in [4.78, 5) is 22.9. The molecule has 0 aliphatic rings. The Morgan fingerprint density at radius 2 is 2.37 bits per heavy atom. The number of carbonyl (C=O) groups is 1. The van der Waals surface area contributed by atoms with E-state index in [9.17, 15) is 9.59 Å². The standard InChI is InChI=1S/C12H14ClN3O3/c1-3-4-5-6-14-9-7-15-16(8-10(17)19-2)12(18)11(9)13/h7,14H,5-6,8H2,1-2H3. The lowest BCUT2D eigenvalue weighted by atomic mass is 10.4. The zero-order valence-electron chi connectivity index (χ0n) is 10.7. The van der Waals surface area contributed by atoms with Crippen molar-refractivity contribution in [2.45, 2.75) is 19.9 Å². The fraction of sp³-hybridized carbons (Fsp3) is 0.417. The predicted molar refractivity (Wildman–Crippen MR) is 72.1 cm³/mol. The molecule has 0 aliphatic heterocycles. The lowest BCUT2D eigenvalue weighted by Gasteiger charge is -2.08. The van der Waals surface area contributed by atoms with Crippen LogP contribution in [0.5, 0.6) is 0 Å². The smallest absolute Gasteiger partial charge is 0.327 e. The second-order valence-corrected chi connectivity index (χ2v) is 3.89. The van der Waals surface area contributed by atoms with Gasteiger partial charge in [0.25, 0.3) is 5.56 Å². The van der Waals surface area contributed by atoms with E-state index >= 15 is 0 Å². The van der Waals surface area contributed by atoms with E-state index in [1.54, 1.807) is 6.92 Å². The van der Waals surface area contributed by atoms with E-state index in [0.29, 0.717) is 18.7 Å². The summed E-state index contributed by atoms with van der Waals surface area (Å²) in [6, 6.07) is 0. The molecule has 19 heavy (non-hydrogen) atoms. The molecule has 0 saturated carbocycles. The molecule has 6 nitrogen and oxygen atoms in total. The van der Waals surface area contributed by atoms with Gasteiger partial charge in [-0.3, -0.25) is 9.59 Å². The summed E-state index contributed by atoms with van der Waals surface area (Å²) < 4.78 is 5.41. The fourth-order valence-corrected chi connectivity index (χ4v) is 1.49. The van der Waals surface area contributed by atoms with Gasteiger partial charge in [0.05, 0.1) is 19.0 Å². The minimum atomic E-state index is -0.565. The van der Waals surface area contributed by atoms with Gasteiger partial charge in [0.15, 0.2) is 0 Å². The van der Waals surface area contributed by atoms with Crippen LogP contribution in [0.2, 0.25) is 5.02 Å². The predicted octanol–water partition coefficient (Wildman–Crippen LogP) is 0.895. The first-order valence-electron chi connectivity index (χ1n) is 5.56. The number of aromatic nitrogens is 2. The average Bonchev–Trinajstić information content (AvgIpc) is 2.42. The summed E-state index contributed by atoms with van der Waals surface area (Å²) >= 11 is 5.91. The van der Waals surface area contributed by atoms with Gasteiger partial charge in [0.1, 0.15) is 11.6 Å². The first-order valence-corrected chi connectivity index (χ1v) is 5.93. The summed E-state index contributed by atoms with van der Waals surface area (Å²) in [6.07, 6.45) is 2.03. The molecule has 0 bridgehead atoms. The molecule has 0 aromatic carbocycles. The van der Waals surface area contributed by atoms with Gasteiger partial charge in [-0.25, -0.2) is 4.68 Å². The summed E-state index contributed by atoms with van der Waals surface area (Å²) in [6.45, 7) is 2.04. The van der Waals surface area contributed by atoms with Crippen LogP contribution < -0.4 is 10.9 Å². The van der Waals surface area contributed by atoms with Crippen molar-refractivity contribution < 1.29 is 9.53 Å². The van der Waals surface area contributed by atoms with Gasteiger partial charge in [-0.1, -0.05) is 11.6 Å². The highest BCUT2D eigenvalue weighted by molar-refractivity contribution is 6.32. The third-order valence-electron chi connectivity index (χ3n) is 2.23. The maximum atomic E-state index is 11.8. The number of carbonyl (C=O) groups excluding carboxylic acids is 1. The van der Waals surface area contributed by atoms with Crippen LogP contribution in [0.1, 0.15) is 13.3 Å². The SMILES string of the molecule is CC#CCCNc1cnn(CC(=O)OC)c(=O)c1Cl. The largest absolute Gasteiger partial charge is 0.468 e. The Labute approximate surface area is 115 Å². The molecule has 0 unspecified atom stereocenters. The molecule has 1 aromatic rings. The molecule has 0 amide bonds. The van der Waals surface area contributed by atoms with Crippen LogP contribution in [0.4, 0.5) is 5.69 Å². The van der Waals surface area contributed by atoms with Crippen LogP contribution in [0.3, 0.4) is 0 Å². The zero-order chi connectivity index (χ0) is 14.3. The van der Waals surface area contributed by atoms with Crippen LogP contribution in [-0.4, -0.2) is 29.4 Å². The molecule has 0 aliphatic carbocycles. The molecule has 1 N–H and O–H groups in total. The summed E-state index contributed by atoms with van der Waals surface area (Å²) in [5.41, 5.74) is -0.121. The quantitative estimate of drug-likeness (QED) is 0.494. The Morgan fingerprint density at radius 1 is 1.63 bits per heavy atom. The number of esters is 1.